The smallest absolute Gasteiger partial charge is 0.616 e. The molecule has 0 bridgehead atoms. The van der Waals surface area contributed by atoms with E-state index in [4.69, 9.17) is 37.9 Å². The van der Waals surface area contributed by atoms with Crippen molar-refractivity contribution in [2.24, 2.45) is 0 Å². The number of para-hydroxylation sites is 7. The number of pyridine rings is 5. The predicted octanol–water partition coefficient (Wildman–Crippen LogP) is 20.1. The van der Waals surface area contributed by atoms with Crippen molar-refractivity contribution in [2.45, 2.75) is 13.8 Å². The Balaban J connectivity index is 0.000000121. The van der Waals surface area contributed by atoms with Crippen LogP contribution >= 0.6 is 0 Å². The van der Waals surface area contributed by atoms with Crippen molar-refractivity contribution in [1.82, 2.24) is 24.9 Å². The third-order valence-electron chi connectivity index (χ3n) is 16.5. The molecule has 0 aliphatic rings. The second-order valence-corrected chi connectivity index (χ2v) is 27.3. The van der Waals surface area contributed by atoms with Crippen LogP contribution in [0.15, 0.2) is 371 Å². The van der Waals surface area contributed by atoms with Gasteiger partial charge in [-0.15, -0.1) is 0 Å². The van der Waals surface area contributed by atoms with E-state index in [-0.39, 0.29) is 0 Å². The Morgan fingerprint density at radius 2 is 0.450 bits per heavy atom. The summed E-state index contributed by atoms with van der Waals surface area (Å²) in [5, 5.41) is 5.33. The molecule has 0 fully saturated rings. The number of benzene rings is 12. The second-order valence-electron chi connectivity index (χ2n) is 24.0. The summed E-state index contributed by atoms with van der Waals surface area (Å²) < 4.78 is 57.6. The standard InChI is InChI=1S/2C12H10O.5C9H7NO.2C7H8O.C6H6O.5Al/c13-12-8-4-7-11(9-12)10-5-2-1-3-6-10;13-12-8-6-11(7-9-12)10-4-2-1-3-5-10;5*11-8-5-1-3-7-4-2-6-10-9(7)8;1-6-2-4-7(8)5-3-6;1-6-4-2-3-5-7(6)8;7-6-4-2-1-3-5-6;;;;;/h2*1-9,13H;5*1-6,11H;2*2-5,8H,1H3;1-5,7H;;;;;/q;;;;;;;;;;5*+2/p-10. The van der Waals surface area contributed by atoms with Gasteiger partial charge < -0.3 is 37.9 Å². The lowest BCUT2D eigenvalue weighted by Crippen LogP contribution is -2.11. The van der Waals surface area contributed by atoms with Crippen molar-refractivity contribution < 1.29 is 37.9 Å². The van der Waals surface area contributed by atoms with Gasteiger partial charge in [0.15, 0.2) is 0 Å². The van der Waals surface area contributed by atoms with E-state index >= 15 is 0 Å². The molecule has 0 aliphatic carbocycles. The minimum atomic E-state index is -0.672. The summed E-state index contributed by atoms with van der Waals surface area (Å²) in [6, 6.07) is 111. The van der Waals surface area contributed by atoms with Crippen LogP contribution < -0.4 is 37.9 Å². The summed E-state index contributed by atoms with van der Waals surface area (Å²) in [7, 11) is 0. The van der Waals surface area contributed by atoms with Gasteiger partial charge in [-0.1, -0.05) is 230 Å². The summed E-state index contributed by atoms with van der Waals surface area (Å²) >= 11 is -3.15. The number of rotatable bonds is 22. The van der Waals surface area contributed by atoms with E-state index < -0.39 is 79.4 Å². The first-order chi connectivity index (χ1) is 53.9. The molecular weight excluding hydrogens is 1430 g/mol. The SMILES string of the molecule is Cc1ccc([O][Al][O]c2cccc3cccnc23)cc1.Cc1ccccc1[O][Al][O]c1cccc2cccnc12.c1ccc(-c2ccc([O][Al][O]c3cccc4cccnc34)cc2)cc1.c1ccc(-c2cccc([O][Al][O]c3cccc4cccnc34)c2)cc1.c1ccc([O][Al][O]c2cccc3cccnc23)cc1. The minimum Gasteiger partial charge on any atom is -0.616 e. The number of nitrogens with zero attached hydrogens (tertiary/aromatic N) is 5. The van der Waals surface area contributed by atoms with E-state index in [0.717, 1.165) is 123 Å². The Morgan fingerprint density at radius 1 is 0.193 bits per heavy atom. The van der Waals surface area contributed by atoms with Gasteiger partial charge in [0.1, 0.15) is 56.3 Å². The Kier molecular flexibility index (Phi) is 28.0. The molecule has 15 nitrogen and oxygen atoms in total. The van der Waals surface area contributed by atoms with Crippen LogP contribution in [-0.2, 0) is 0 Å². The van der Waals surface area contributed by atoms with E-state index in [9.17, 15) is 0 Å². The van der Waals surface area contributed by atoms with Gasteiger partial charge in [-0.2, -0.15) is 0 Å². The maximum atomic E-state index is 5.87. The molecule has 5 radical (unpaired) electrons. The lowest BCUT2D eigenvalue weighted by molar-refractivity contribution is 0.459. The van der Waals surface area contributed by atoms with E-state index in [1.165, 1.54) is 22.3 Å². The Labute approximate surface area is 666 Å². The Morgan fingerprint density at radius 3 is 0.835 bits per heavy atom. The number of aryl methyl sites for hydroxylation is 2. The quantitative estimate of drug-likeness (QED) is 0.0590. The van der Waals surface area contributed by atoms with Crippen LogP contribution in [0.3, 0.4) is 0 Å². The van der Waals surface area contributed by atoms with Crippen molar-refractivity contribution in [3.05, 3.63) is 382 Å². The third-order valence-corrected chi connectivity index (χ3v) is 20.1. The van der Waals surface area contributed by atoms with Gasteiger partial charge >= 0.3 is 79.4 Å². The first-order valence-electron chi connectivity index (χ1n) is 34.8. The van der Waals surface area contributed by atoms with Gasteiger partial charge in [0.2, 0.25) is 0 Å². The van der Waals surface area contributed by atoms with Crippen LogP contribution in [0.1, 0.15) is 11.1 Å². The van der Waals surface area contributed by atoms with E-state index in [0.29, 0.717) is 0 Å². The third kappa shape index (κ3) is 22.2. The molecule has 5 heterocycles. The molecule has 0 saturated heterocycles. The maximum Gasteiger partial charge on any atom is 0.881 e. The topological polar surface area (TPSA) is 157 Å². The molecule has 0 N–H and O–H groups in total. The molecule has 0 saturated carbocycles. The molecule has 17 aromatic rings. The summed E-state index contributed by atoms with van der Waals surface area (Å²) in [5.74, 6) is 7.97. The summed E-state index contributed by atoms with van der Waals surface area (Å²) in [5.41, 5.74) is 11.3. The highest BCUT2D eigenvalue weighted by Crippen LogP contribution is 2.30. The molecule has 20 heteroatoms. The molecule has 0 atom stereocenters. The molecule has 523 valence electrons. The van der Waals surface area contributed by atoms with E-state index in [2.05, 4.69) is 74.3 Å². The second kappa shape index (κ2) is 40.3. The van der Waals surface area contributed by atoms with Gasteiger partial charge in [-0.05, 0) is 157 Å². The van der Waals surface area contributed by atoms with Gasteiger partial charge in [0.25, 0.3) is 0 Å². The van der Waals surface area contributed by atoms with Gasteiger partial charge in [0, 0.05) is 57.9 Å². The highest BCUT2D eigenvalue weighted by atomic mass is 27.2. The van der Waals surface area contributed by atoms with Crippen molar-refractivity contribution in [3.63, 3.8) is 0 Å². The number of aromatic nitrogens is 5. The van der Waals surface area contributed by atoms with Crippen LogP contribution in [-0.4, -0.2) is 104 Å². The number of hydrogen-bond acceptors (Lipinski definition) is 15. The monoisotopic (exact) mass is 1500 g/mol. The highest BCUT2D eigenvalue weighted by molar-refractivity contribution is 6.23. The first-order valence-corrected chi connectivity index (χ1v) is 39.5. The average molecular weight is 1500 g/mol. The Bertz CT molecular complexity index is 5670. The molecular formula is C89H67Al5N5O10. The van der Waals surface area contributed by atoms with Crippen LogP contribution in [0.2, 0.25) is 0 Å². The van der Waals surface area contributed by atoms with Gasteiger partial charge in [-0.25, -0.2) is 0 Å². The molecule has 12 aromatic carbocycles. The van der Waals surface area contributed by atoms with Crippen LogP contribution in [0.25, 0.3) is 76.8 Å². The largest absolute Gasteiger partial charge is 0.881 e. The predicted molar refractivity (Wildman–Crippen MR) is 436 cm³/mol. The fraction of sp³-hybridized carbons (Fsp3) is 0.0225. The molecule has 0 amide bonds. The summed E-state index contributed by atoms with van der Waals surface area (Å²) in [6.45, 7) is 4.07. The van der Waals surface area contributed by atoms with Gasteiger partial charge in [0.05, 0.1) is 28.7 Å². The zero-order valence-electron chi connectivity index (χ0n) is 59.4. The zero-order valence-corrected chi connectivity index (χ0v) is 65.2. The molecule has 5 aromatic heterocycles. The van der Waals surface area contributed by atoms with E-state index in [1.54, 1.807) is 31.0 Å². The lowest BCUT2D eigenvalue weighted by Gasteiger charge is -2.11. The normalized spacial score (nSPS) is 10.3. The summed E-state index contributed by atoms with van der Waals surface area (Å²) in [4.78, 5) is 21.8. The lowest BCUT2D eigenvalue weighted by atomic mass is 10.1. The zero-order chi connectivity index (χ0) is 74.3. The minimum absolute atomic E-state index is 0.602. The molecule has 109 heavy (non-hydrogen) atoms. The fourth-order valence-corrected chi connectivity index (χ4v) is 14.2. The average Bonchev–Trinajstić information content (AvgIpc) is 0.875. The van der Waals surface area contributed by atoms with Gasteiger partial charge in [-0.3, -0.25) is 24.9 Å². The van der Waals surface area contributed by atoms with Crippen LogP contribution in [0, 0.1) is 13.8 Å². The van der Waals surface area contributed by atoms with Crippen molar-refractivity contribution in [3.8, 4) is 79.7 Å². The van der Waals surface area contributed by atoms with Crippen LogP contribution in [0.5, 0.6) is 57.5 Å². The molecule has 0 aliphatic heterocycles. The van der Waals surface area contributed by atoms with Crippen molar-refractivity contribution in [1.29, 1.82) is 0 Å². The summed E-state index contributed by atoms with van der Waals surface area (Å²) in [6.07, 6.45) is 8.85. The first kappa shape index (κ1) is 75.6. The van der Waals surface area contributed by atoms with Crippen molar-refractivity contribution >= 4 is 134 Å². The van der Waals surface area contributed by atoms with E-state index in [1.807, 2.05) is 304 Å². The number of fused-ring (bicyclic) bond motifs is 5. The maximum absolute atomic E-state index is 5.87. The van der Waals surface area contributed by atoms with Crippen LogP contribution in [0.4, 0.5) is 0 Å². The number of hydrogen-bond donors (Lipinski definition) is 0. The highest BCUT2D eigenvalue weighted by Gasteiger charge is 2.15. The molecule has 0 unspecified atom stereocenters. The van der Waals surface area contributed by atoms with Crippen molar-refractivity contribution in [2.75, 3.05) is 0 Å². The Hall–Kier alpha value is -11.6. The fourth-order valence-electron chi connectivity index (χ4n) is 11.1. The molecule has 0 spiro atoms. The molecule has 17 rings (SSSR count).